The number of hydrogen-bond acceptors (Lipinski definition) is 6. The van der Waals surface area contributed by atoms with Crippen LogP contribution >= 0.6 is 0 Å². The summed E-state index contributed by atoms with van der Waals surface area (Å²) in [6.07, 6.45) is 0.620. The summed E-state index contributed by atoms with van der Waals surface area (Å²) in [7, 11) is 4.82. The van der Waals surface area contributed by atoms with Crippen LogP contribution in [0.15, 0.2) is 41.4 Å². The van der Waals surface area contributed by atoms with Crippen LogP contribution in [-0.4, -0.2) is 46.2 Å². The summed E-state index contributed by atoms with van der Waals surface area (Å²) in [4.78, 5) is 17.2. The Kier molecular flexibility index (Phi) is 6.19. The summed E-state index contributed by atoms with van der Waals surface area (Å²) in [5.41, 5.74) is 3.70. The van der Waals surface area contributed by atoms with Gasteiger partial charge in [-0.3, -0.25) is 9.79 Å². The van der Waals surface area contributed by atoms with Crippen molar-refractivity contribution in [2.75, 3.05) is 34.5 Å². The Morgan fingerprint density at radius 2 is 1.82 bits per heavy atom. The number of aliphatic imine (C=N–C) groups is 1. The van der Waals surface area contributed by atoms with Crippen molar-refractivity contribution < 1.29 is 23.7 Å². The summed E-state index contributed by atoms with van der Waals surface area (Å²) in [6, 6.07) is 11.6. The Morgan fingerprint density at radius 1 is 1.07 bits per heavy atom. The fourth-order valence-electron chi connectivity index (χ4n) is 3.39. The van der Waals surface area contributed by atoms with Crippen LogP contribution in [0.5, 0.6) is 17.2 Å². The minimum atomic E-state index is -0.455. The Hall–Kier alpha value is -3.02. The van der Waals surface area contributed by atoms with Gasteiger partial charge in [-0.25, -0.2) is 0 Å². The van der Waals surface area contributed by atoms with Crippen LogP contribution in [0.25, 0.3) is 0 Å². The SMILES string of the molecule is CCOC(=O)C1CN=C(Cc2cccc(OC)c2)c2cc(OC)c(OC)cc21. The van der Waals surface area contributed by atoms with Gasteiger partial charge < -0.3 is 18.9 Å². The lowest BCUT2D eigenvalue weighted by Gasteiger charge is -2.25. The van der Waals surface area contributed by atoms with Crippen LogP contribution in [-0.2, 0) is 16.0 Å². The first-order chi connectivity index (χ1) is 13.6. The van der Waals surface area contributed by atoms with Gasteiger partial charge in [-0.05, 0) is 42.3 Å². The molecule has 1 atom stereocenters. The molecule has 3 rings (SSSR count). The maximum Gasteiger partial charge on any atom is 0.315 e. The van der Waals surface area contributed by atoms with E-state index in [9.17, 15) is 4.79 Å². The van der Waals surface area contributed by atoms with Gasteiger partial charge in [0.05, 0.1) is 34.5 Å². The average molecular weight is 383 g/mol. The molecule has 28 heavy (non-hydrogen) atoms. The number of ether oxygens (including phenoxy) is 4. The van der Waals surface area contributed by atoms with Crippen molar-refractivity contribution in [2.24, 2.45) is 4.99 Å². The van der Waals surface area contributed by atoms with Crippen molar-refractivity contribution in [1.82, 2.24) is 0 Å². The van der Waals surface area contributed by atoms with Crippen molar-refractivity contribution in [3.63, 3.8) is 0 Å². The number of esters is 1. The van der Waals surface area contributed by atoms with Crippen molar-refractivity contribution >= 4 is 11.7 Å². The number of fused-ring (bicyclic) bond motifs is 1. The molecule has 0 saturated carbocycles. The summed E-state index contributed by atoms with van der Waals surface area (Å²) in [5, 5.41) is 0. The molecule has 0 saturated heterocycles. The molecule has 6 heteroatoms. The van der Waals surface area contributed by atoms with Gasteiger partial charge in [-0.1, -0.05) is 12.1 Å². The van der Waals surface area contributed by atoms with Crippen molar-refractivity contribution in [3.8, 4) is 17.2 Å². The number of rotatable bonds is 7. The van der Waals surface area contributed by atoms with Gasteiger partial charge >= 0.3 is 5.97 Å². The van der Waals surface area contributed by atoms with Crippen molar-refractivity contribution in [3.05, 3.63) is 53.1 Å². The molecule has 0 bridgehead atoms. The second-order valence-corrected chi connectivity index (χ2v) is 6.41. The maximum atomic E-state index is 12.5. The lowest BCUT2D eigenvalue weighted by Crippen LogP contribution is -2.26. The first kappa shape index (κ1) is 19.7. The monoisotopic (exact) mass is 383 g/mol. The number of benzene rings is 2. The molecule has 0 amide bonds. The van der Waals surface area contributed by atoms with E-state index >= 15 is 0 Å². The van der Waals surface area contributed by atoms with E-state index in [-0.39, 0.29) is 5.97 Å². The smallest absolute Gasteiger partial charge is 0.315 e. The molecule has 0 fully saturated rings. The van der Waals surface area contributed by atoms with Gasteiger partial charge in [0.2, 0.25) is 0 Å². The van der Waals surface area contributed by atoms with Crippen molar-refractivity contribution in [2.45, 2.75) is 19.3 Å². The van der Waals surface area contributed by atoms with Gasteiger partial charge in [0.25, 0.3) is 0 Å². The molecule has 1 heterocycles. The molecule has 2 aromatic rings. The highest BCUT2D eigenvalue weighted by molar-refractivity contribution is 6.06. The molecule has 0 aromatic heterocycles. The summed E-state index contributed by atoms with van der Waals surface area (Å²) < 4.78 is 21.5. The lowest BCUT2D eigenvalue weighted by molar-refractivity contribution is -0.144. The minimum absolute atomic E-state index is 0.278. The zero-order valence-electron chi connectivity index (χ0n) is 16.7. The second kappa shape index (κ2) is 8.78. The summed E-state index contributed by atoms with van der Waals surface area (Å²) in [5.74, 6) is 1.25. The third-order valence-corrected chi connectivity index (χ3v) is 4.78. The first-order valence-corrected chi connectivity index (χ1v) is 9.20. The van der Waals surface area contributed by atoms with Crippen LogP contribution in [0.2, 0.25) is 0 Å². The maximum absolute atomic E-state index is 12.5. The largest absolute Gasteiger partial charge is 0.497 e. The predicted octanol–water partition coefficient (Wildman–Crippen LogP) is 3.40. The molecule has 1 aliphatic heterocycles. The van der Waals surface area contributed by atoms with Gasteiger partial charge in [0.15, 0.2) is 11.5 Å². The molecule has 1 unspecified atom stereocenters. The number of carbonyl (C=O) groups excluding carboxylic acids is 1. The quantitative estimate of drug-likeness (QED) is 0.686. The molecule has 0 radical (unpaired) electrons. The minimum Gasteiger partial charge on any atom is -0.497 e. The van der Waals surface area contributed by atoms with E-state index in [1.165, 1.54) is 0 Å². The topological polar surface area (TPSA) is 66.4 Å². The number of hydrogen-bond donors (Lipinski definition) is 0. The lowest BCUT2D eigenvalue weighted by atomic mass is 9.86. The molecular weight excluding hydrogens is 358 g/mol. The molecule has 0 spiro atoms. The van der Waals surface area contributed by atoms with E-state index in [1.54, 1.807) is 28.3 Å². The zero-order valence-corrected chi connectivity index (χ0v) is 16.7. The summed E-state index contributed by atoms with van der Waals surface area (Å²) >= 11 is 0. The van der Waals surface area contributed by atoms with E-state index < -0.39 is 5.92 Å². The first-order valence-electron chi connectivity index (χ1n) is 9.20. The van der Waals surface area contributed by atoms with E-state index in [0.717, 1.165) is 28.2 Å². The molecule has 6 nitrogen and oxygen atoms in total. The third-order valence-electron chi connectivity index (χ3n) is 4.78. The fourth-order valence-corrected chi connectivity index (χ4v) is 3.39. The van der Waals surface area contributed by atoms with Crippen LogP contribution in [0.1, 0.15) is 29.5 Å². The number of carbonyl (C=O) groups is 1. The zero-order chi connectivity index (χ0) is 20.1. The number of methoxy groups -OCH3 is 3. The third kappa shape index (κ3) is 3.96. The Bertz CT molecular complexity index is 890. The van der Waals surface area contributed by atoms with Crippen LogP contribution in [0, 0.1) is 0 Å². The van der Waals surface area contributed by atoms with E-state index in [2.05, 4.69) is 0 Å². The standard InChI is InChI=1S/C22H25NO5/c1-5-28-22(24)18-13-23-19(10-14-7-6-8-15(9-14)25-2)17-12-21(27-4)20(26-3)11-16(17)18/h6-9,11-12,18H,5,10,13H2,1-4H3. The molecule has 1 aliphatic rings. The van der Waals surface area contributed by atoms with Crippen LogP contribution < -0.4 is 14.2 Å². The predicted molar refractivity (Wildman–Crippen MR) is 107 cm³/mol. The molecule has 2 aromatic carbocycles. The highest BCUT2D eigenvalue weighted by Gasteiger charge is 2.31. The van der Waals surface area contributed by atoms with Gasteiger partial charge in [0.1, 0.15) is 11.7 Å². The van der Waals surface area contributed by atoms with Gasteiger partial charge in [0, 0.05) is 17.7 Å². The average Bonchev–Trinajstić information content (AvgIpc) is 2.73. The molecular formula is C22H25NO5. The molecule has 148 valence electrons. The van der Waals surface area contributed by atoms with Gasteiger partial charge in [-0.2, -0.15) is 0 Å². The normalized spacial score (nSPS) is 15.3. The fraction of sp³-hybridized carbons (Fsp3) is 0.364. The Labute approximate surface area is 165 Å². The highest BCUT2D eigenvalue weighted by Crippen LogP contribution is 2.37. The second-order valence-electron chi connectivity index (χ2n) is 6.41. The van der Waals surface area contributed by atoms with Crippen LogP contribution in [0.4, 0.5) is 0 Å². The summed E-state index contributed by atoms with van der Waals surface area (Å²) in [6.45, 7) is 2.48. The Morgan fingerprint density at radius 3 is 2.50 bits per heavy atom. The molecule has 0 N–H and O–H groups in total. The molecule has 0 aliphatic carbocycles. The van der Waals surface area contributed by atoms with Gasteiger partial charge in [-0.15, -0.1) is 0 Å². The van der Waals surface area contributed by atoms with Crippen LogP contribution in [0.3, 0.4) is 0 Å². The van der Waals surface area contributed by atoms with E-state index in [0.29, 0.717) is 31.1 Å². The highest BCUT2D eigenvalue weighted by atomic mass is 16.5. The number of nitrogens with zero attached hydrogens (tertiary/aromatic N) is 1. The van der Waals surface area contributed by atoms with E-state index in [1.807, 2.05) is 36.4 Å². The Balaban J connectivity index is 2.03. The van der Waals surface area contributed by atoms with Crippen molar-refractivity contribution in [1.29, 1.82) is 0 Å². The van der Waals surface area contributed by atoms with E-state index in [4.69, 9.17) is 23.9 Å².